The van der Waals surface area contributed by atoms with Crippen LogP contribution in [0.3, 0.4) is 0 Å². The van der Waals surface area contributed by atoms with Crippen molar-refractivity contribution in [2.24, 2.45) is 0 Å². The summed E-state index contributed by atoms with van der Waals surface area (Å²) in [5, 5.41) is 5.62. The number of rotatable bonds is 6. The van der Waals surface area contributed by atoms with Crippen LogP contribution in [-0.2, 0) is 16.4 Å². The summed E-state index contributed by atoms with van der Waals surface area (Å²) in [5.74, 6) is 1.53. The topological polar surface area (TPSA) is 98.2 Å². The van der Waals surface area contributed by atoms with Crippen molar-refractivity contribution in [3.63, 3.8) is 0 Å². The number of oxazole rings is 1. The first-order valence-corrected chi connectivity index (χ1v) is 9.67. The van der Waals surface area contributed by atoms with E-state index in [1.165, 1.54) is 0 Å². The summed E-state index contributed by atoms with van der Waals surface area (Å²) in [4.78, 5) is 5.49. The van der Waals surface area contributed by atoms with Gasteiger partial charge in [0.15, 0.2) is 5.76 Å². The number of hydrogen-bond donors (Lipinski definition) is 1. The molecule has 128 valence electrons. The van der Waals surface area contributed by atoms with Crippen molar-refractivity contribution >= 4 is 21.4 Å². The number of hydrogen-bond acceptors (Lipinski definition) is 7. The molecule has 3 heterocycles. The molecular formula is C15H17N3O4S2. The van der Waals surface area contributed by atoms with Gasteiger partial charge in [0.05, 0.1) is 10.6 Å². The SMILES string of the molecule is Cc1noc(C)c1S(=O)(=O)NCCc1nc(-c2cccs2)oc1C. The second-order valence-electron chi connectivity index (χ2n) is 5.30. The summed E-state index contributed by atoms with van der Waals surface area (Å²) in [6.45, 7) is 5.20. The number of sulfonamides is 1. The van der Waals surface area contributed by atoms with E-state index in [9.17, 15) is 8.42 Å². The molecule has 0 fully saturated rings. The molecule has 0 spiro atoms. The van der Waals surface area contributed by atoms with Crippen molar-refractivity contribution in [2.75, 3.05) is 6.54 Å². The van der Waals surface area contributed by atoms with Crippen LogP contribution in [-0.4, -0.2) is 25.1 Å². The third-order valence-corrected chi connectivity index (χ3v) is 6.08. The fourth-order valence-electron chi connectivity index (χ4n) is 2.40. The van der Waals surface area contributed by atoms with E-state index >= 15 is 0 Å². The second-order valence-corrected chi connectivity index (χ2v) is 7.95. The molecular weight excluding hydrogens is 350 g/mol. The molecule has 3 aromatic heterocycles. The minimum atomic E-state index is -3.66. The Morgan fingerprint density at radius 1 is 1.25 bits per heavy atom. The van der Waals surface area contributed by atoms with Gasteiger partial charge in [-0.15, -0.1) is 11.3 Å². The van der Waals surface area contributed by atoms with Crippen molar-refractivity contribution in [1.29, 1.82) is 0 Å². The Bertz CT molecular complexity index is 920. The van der Waals surface area contributed by atoms with E-state index in [2.05, 4.69) is 14.9 Å². The van der Waals surface area contributed by atoms with Gasteiger partial charge in [-0.3, -0.25) is 0 Å². The smallest absolute Gasteiger partial charge is 0.245 e. The number of nitrogens with one attached hydrogen (secondary N) is 1. The molecule has 0 unspecified atom stereocenters. The first-order chi connectivity index (χ1) is 11.4. The monoisotopic (exact) mass is 367 g/mol. The maximum atomic E-state index is 12.3. The van der Waals surface area contributed by atoms with Crippen molar-refractivity contribution in [3.05, 3.63) is 40.4 Å². The molecule has 3 rings (SSSR count). The molecule has 0 saturated heterocycles. The van der Waals surface area contributed by atoms with Crippen LogP contribution >= 0.6 is 11.3 Å². The predicted octanol–water partition coefficient (Wildman–Crippen LogP) is 2.84. The van der Waals surface area contributed by atoms with Crippen LogP contribution in [0.15, 0.2) is 31.3 Å². The molecule has 0 aliphatic rings. The Balaban J connectivity index is 1.69. The molecule has 0 atom stereocenters. The Kier molecular flexibility index (Phi) is 4.57. The lowest BCUT2D eigenvalue weighted by Crippen LogP contribution is -2.27. The molecule has 7 nitrogen and oxygen atoms in total. The molecule has 0 aliphatic carbocycles. The zero-order valence-corrected chi connectivity index (χ0v) is 15.1. The van der Waals surface area contributed by atoms with E-state index in [-0.39, 0.29) is 17.2 Å². The molecule has 0 bridgehead atoms. The lowest BCUT2D eigenvalue weighted by Gasteiger charge is -2.05. The zero-order valence-electron chi connectivity index (χ0n) is 13.5. The van der Waals surface area contributed by atoms with Crippen LogP contribution in [0.5, 0.6) is 0 Å². The van der Waals surface area contributed by atoms with Crippen molar-refractivity contribution < 1.29 is 17.4 Å². The molecule has 0 saturated carbocycles. The minimum Gasteiger partial charge on any atom is -0.440 e. The largest absolute Gasteiger partial charge is 0.440 e. The van der Waals surface area contributed by atoms with Gasteiger partial charge in [0.1, 0.15) is 16.3 Å². The molecule has 9 heteroatoms. The maximum Gasteiger partial charge on any atom is 0.245 e. The highest BCUT2D eigenvalue weighted by atomic mass is 32.2. The first-order valence-electron chi connectivity index (χ1n) is 7.31. The quantitative estimate of drug-likeness (QED) is 0.719. The van der Waals surface area contributed by atoms with Gasteiger partial charge in [0.2, 0.25) is 15.9 Å². The van der Waals surface area contributed by atoms with Crippen LogP contribution < -0.4 is 4.72 Å². The normalized spacial score (nSPS) is 12.0. The fourth-order valence-corrected chi connectivity index (χ4v) is 4.41. The number of thiophene rings is 1. The zero-order chi connectivity index (χ0) is 17.3. The second kappa shape index (κ2) is 6.50. The van der Waals surface area contributed by atoms with E-state index < -0.39 is 10.0 Å². The van der Waals surface area contributed by atoms with Gasteiger partial charge < -0.3 is 8.94 Å². The van der Waals surface area contributed by atoms with Gasteiger partial charge in [0, 0.05) is 13.0 Å². The van der Waals surface area contributed by atoms with Crippen LogP contribution in [0, 0.1) is 20.8 Å². The van der Waals surface area contributed by atoms with Gasteiger partial charge in [-0.1, -0.05) is 11.2 Å². The van der Waals surface area contributed by atoms with Crippen LogP contribution in [0.1, 0.15) is 22.9 Å². The van der Waals surface area contributed by atoms with E-state index in [0.717, 1.165) is 10.6 Å². The minimum absolute atomic E-state index is 0.0960. The molecule has 3 aromatic rings. The lowest BCUT2D eigenvalue weighted by molar-refractivity contribution is 0.390. The average Bonchev–Trinajstić information content (AvgIpc) is 3.21. The highest BCUT2D eigenvalue weighted by Gasteiger charge is 2.24. The summed E-state index contributed by atoms with van der Waals surface area (Å²) >= 11 is 1.54. The summed E-state index contributed by atoms with van der Waals surface area (Å²) in [6.07, 6.45) is 0.434. The van der Waals surface area contributed by atoms with Crippen molar-refractivity contribution in [2.45, 2.75) is 32.1 Å². The molecule has 0 amide bonds. The summed E-state index contributed by atoms with van der Waals surface area (Å²) in [5.41, 5.74) is 1.08. The lowest BCUT2D eigenvalue weighted by atomic mass is 10.3. The highest BCUT2D eigenvalue weighted by molar-refractivity contribution is 7.89. The van der Waals surface area contributed by atoms with Gasteiger partial charge in [0.25, 0.3) is 0 Å². The van der Waals surface area contributed by atoms with E-state index in [4.69, 9.17) is 8.94 Å². The van der Waals surface area contributed by atoms with Crippen molar-refractivity contribution in [1.82, 2.24) is 14.9 Å². The fraction of sp³-hybridized carbons (Fsp3) is 0.333. The highest BCUT2D eigenvalue weighted by Crippen LogP contribution is 2.26. The van der Waals surface area contributed by atoms with E-state index in [0.29, 0.717) is 23.8 Å². The average molecular weight is 367 g/mol. The van der Waals surface area contributed by atoms with Crippen molar-refractivity contribution in [3.8, 4) is 10.8 Å². The number of aromatic nitrogens is 2. The maximum absolute atomic E-state index is 12.3. The summed E-state index contributed by atoms with van der Waals surface area (Å²) in [7, 11) is -3.66. The number of aryl methyl sites for hydroxylation is 3. The molecule has 0 radical (unpaired) electrons. The third-order valence-electron chi connectivity index (χ3n) is 3.52. The summed E-state index contributed by atoms with van der Waals surface area (Å²) in [6, 6.07) is 3.86. The molecule has 0 aromatic carbocycles. The third kappa shape index (κ3) is 3.28. The Morgan fingerprint density at radius 3 is 2.67 bits per heavy atom. The van der Waals surface area contributed by atoms with E-state index in [1.807, 2.05) is 24.4 Å². The Morgan fingerprint density at radius 2 is 2.04 bits per heavy atom. The standard InChI is InChI=1S/C15H17N3O4S2/c1-9-14(11(3)22-18-9)24(19,20)16-7-6-12-10(2)21-15(17-12)13-5-4-8-23-13/h4-5,8,16H,6-7H2,1-3H3. The predicted molar refractivity (Wildman–Crippen MR) is 89.4 cm³/mol. The van der Waals surface area contributed by atoms with Crippen LogP contribution in [0.4, 0.5) is 0 Å². The number of nitrogens with zero attached hydrogens (tertiary/aromatic N) is 2. The van der Waals surface area contributed by atoms with Gasteiger partial charge in [-0.25, -0.2) is 18.1 Å². The summed E-state index contributed by atoms with van der Waals surface area (Å²) < 4.78 is 37.8. The molecule has 0 aliphatic heterocycles. The van der Waals surface area contributed by atoms with Crippen LogP contribution in [0.2, 0.25) is 0 Å². The van der Waals surface area contributed by atoms with Crippen LogP contribution in [0.25, 0.3) is 10.8 Å². The van der Waals surface area contributed by atoms with Gasteiger partial charge >= 0.3 is 0 Å². The molecule has 1 N–H and O–H groups in total. The van der Waals surface area contributed by atoms with Gasteiger partial charge in [-0.2, -0.15) is 0 Å². The Hall–Kier alpha value is -1.97. The van der Waals surface area contributed by atoms with Gasteiger partial charge in [-0.05, 0) is 32.2 Å². The molecule has 24 heavy (non-hydrogen) atoms. The van der Waals surface area contributed by atoms with E-state index in [1.54, 1.807) is 25.2 Å². The Labute approximate surface area is 143 Å². The first kappa shape index (κ1) is 16.9.